The van der Waals surface area contributed by atoms with Crippen LogP contribution in [-0.4, -0.2) is 28.9 Å². The standard InChI is InChI=1S/C10H15BrN2O/c1-4-7(2)13(3)10(14)9-5-8(11)6-12-9/h5-7,12H,4H2,1-3H3. The summed E-state index contributed by atoms with van der Waals surface area (Å²) in [7, 11) is 1.82. The molecule has 1 aromatic heterocycles. The Kier molecular flexibility index (Phi) is 3.75. The van der Waals surface area contributed by atoms with Crippen LogP contribution in [-0.2, 0) is 0 Å². The molecule has 78 valence electrons. The van der Waals surface area contributed by atoms with E-state index < -0.39 is 0 Å². The van der Waals surface area contributed by atoms with Gasteiger partial charge in [-0.3, -0.25) is 4.79 Å². The fourth-order valence-electron chi connectivity index (χ4n) is 1.16. The summed E-state index contributed by atoms with van der Waals surface area (Å²) in [5.41, 5.74) is 0.625. The Morgan fingerprint density at radius 2 is 2.36 bits per heavy atom. The zero-order chi connectivity index (χ0) is 10.7. The number of nitrogens with one attached hydrogen (secondary N) is 1. The van der Waals surface area contributed by atoms with Gasteiger partial charge in [0.1, 0.15) is 5.69 Å². The van der Waals surface area contributed by atoms with E-state index in [9.17, 15) is 4.79 Å². The van der Waals surface area contributed by atoms with E-state index in [1.165, 1.54) is 0 Å². The van der Waals surface area contributed by atoms with E-state index in [0.717, 1.165) is 10.9 Å². The molecule has 1 unspecified atom stereocenters. The van der Waals surface area contributed by atoms with Crippen LogP contribution in [0.3, 0.4) is 0 Å². The van der Waals surface area contributed by atoms with Crippen LogP contribution in [0, 0.1) is 0 Å². The van der Waals surface area contributed by atoms with Gasteiger partial charge in [-0.2, -0.15) is 0 Å². The topological polar surface area (TPSA) is 36.1 Å². The lowest BCUT2D eigenvalue weighted by atomic mass is 10.2. The number of carbonyl (C=O) groups is 1. The van der Waals surface area contributed by atoms with Gasteiger partial charge in [-0.1, -0.05) is 6.92 Å². The van der Waals surface area contributed by atoms with E-state index in [0.29, 0.717) is 5.69 Å². The number of halogens is 1. The second-order valence-electron chi connectivity index (χ2n) is 3.40. The van der Waals surface area contributed by atoms with Crippen molar-refractivity contribution in [2.45, 2.75) is 26.3 Å². The van der Waals surface area contributed by atoms with Gasteiger partial charge in [0, 0.05) is 23.8 Å². The molecule has 1 rings (SSSR count). The highest BCUT2D eigenvalue weighted by Crippen LogP contribution is 2.13. The van der Waals surface area contributed by atoms with Crippen molar-refractivity contribution in [1.82, 2.24) is 9.88 Å². The first kappa shape index (κ1) is 11.3. The van der Waals surface area contributed by atoms with Crippen molar-refractivity contribution < 1.29 is 4.79 Å². The summed E-state index contributed by atoms with van der Waals surface area (Å²) in [6, 6.07) is 2.06. The van der Waals surface area contributed by atoms with Crippen LogP contribution in [0.1, 0.15) is 30.8 Å². The number of aromatic nitrogens is 1. The predicted octanol–water partition coefficient (Wildman–Crippen LogP) is 2.65. The van der Waals surface area contributed by atoms with Gasteiger partial charge < -0.3 is 9.88 Å². The van der Waals surface area contributed by atoms with Crippen molar-refractivity contribution >= 4 is 21.8 Å². The van der Waals surface area contributed by atoms with E-state index in [2.05, 4.69) is 27.8 Å². The molecule has 0 spiro atoms. The number of aromatic amines is 1. The lowest BCUT2D eigenvalue weighted by Crippen LogP contribution is -2.34. The average molecular weight is 259 g/mol. The van der Waals surface area contributed by atoms with Crippen LogP contribution >= 0.6 is 15.9 Å². The van der Waals surface area contributed by atoms with Crippen LogP contribution in [0.4, 0.5) is 0 Å². The minimum Gasteiger partial charge on any atom is -0.356 e. The summed E-state index contributed by atoms with van der Waals surface area (Å²) in [4.78, 5) is 16.5. The van der Waals surface area contributed by atoms with Crippen molar-refractivity contribution in [2.24, 2.45) is 0 Å². The van der Waals surface area contributed by atoms with Crippen molar-refractivity contribution in [1.29, 1.82) is 0 Å². The quantitative estimate of drug-likeness (QED) is 0.890. The predicted molar refractivity (Wildman–Crippen MR) is 60.3 cm³/mol. The molecule has 1 heterocycles. The lowest BCUT2D eigenvalue weighted by Gasteiger charge is -2.23. The minimum absolute atomic E-state index is 0.0325. The molecule has 1 N–H and O–H groups in total. The summed E-state index contributed by atoms with van der Waals surface area (Å²) in [6.07, 6.45) is 2.72. The Bertz CT molecular complexity index is 322. The van der Waals surface area contributed by atoms with Crippen LogP contribution in [0.5, 0.6) is 0 Å². The van der Waals surface area contributed by atoms with Gasteiger partial charge in [0.2, 0.25) is 0 Å². The smallest absolute Gasteiger partial charge is 0.270 e. The number of amides is 1. The molecule has 0 bridgehead atoms. The highest BCUT2D eigenvalue weighted by molar-refractivity contribution is 9.10. The van der Waals surface area contributed by atoms with Gasteiger partial charge in [0.05, 0.1) is 0 Å². The summed E-state index contributed by atoms with van der Waals surface area (Å²) in [5.74, 6) is 0.0325. The fourth-order valence-corrected chi connectivity index (χ4v) is 1.50. The third-order valence-electron chi connectivity index (χ3n) is 2.45. The van der Waals surface area contributed by atoms with Crippen molar-refractivity contribution in [3.63, 3.8) is 0 Å². The molecule has 0 aromatic carbocycles. The number of hydrogen-bond donors (Lipinski definition) is 1. The first-order chi connectivity index (χ1) is 6.56. The molecule has 3 nitrogen and oxygen atoms in total. The SMILES string of the molecule is CCC(C)N(C)C(=O)c1cc(Br)c[nH]1. The fraction of sp³-hybridized carbons (Fsp3) is 0.500. The minimum atomic E-state index is 0.0325. The average Bonchev–Trinajstić information content (AvgIpc) is 2.61. The van der Waals surface area contributed by atoms with Crippen LogP contribution in [0.15, 0.2) is 16.7 Å². The first-order valence-electron chi connectivity index (χ1n) is 4.67. The molecule has 0 aliphatic carbocycles. The van der Waals surface area contributed by atoms with E-state index in [1.807, 2.05) is 14.0 Å². The lowest BCUT2D eigenvalue weighted by molar-refractivity contribution is 0.0735. The maximum atomic E-state index is 11.8. The Hall–Kier alpha value is -0.770. The normalized spacial score (nSPS) is 12.6. The maximum absolute atomic E-state index is 11.8. The molecule has 0 saturated carbocycles. The van der Waals surface area contributed by atoms with Gasteiger partial charge in [-0.05, 0) is 35.3 Å². The second kappa shape index (κ2) is 4.64. The van der Waals surface area contributed by atoms with Crippen molar-refractivity contribution in [3.05, 3.63) is 22.4 Å². The van der Waals surface area contributed by atoms with Crippen LogP contribution < -0.4 is 0 Å². The van der Waals surface area contributed by atoms with Gasteiger partial charge in [-0.15, -0.1) is 0 Å². The number of rotatable bonds is 3. The molecule has 4 heteroatoms. The first-order valence-corrected chi connectivity index (χ1v) is 5.46. The molecule has 1 atom stereocenters. The third kappa shape index (κ3) is 2.38. The van der Waals surface area contributed by atoms with E-state index in [1.54, 1.807) is 17.2 Å². The van der Waals surface area contributed by atoms with Crippen molar-refractivity contribution in [2.75, 3.05) is 7.05 Å². The van der Waals surface area contributed by atoms with E-state index in [-0.39, 0.29) is 11.9 Å². The Morgan fingerprint density at radius 1 is 1.71 bits per heavy atom. The van der Waals surface area contributed by atoms with Gasteiger partial charge in [-0.25, -0.2) is 0 Å². The molecule has 0 radical (unpaired) electrons. The van der Waals surface area contributed by atoms with Gasteiger partial charge in [0.25, 0.3) is 5.91 Å². The zero-order valence-corrected chi connectivity index (χ0v) is 10.3. The van der Waals surface area contributed by atoms with Gasteiger partial charge in [0.15, 0.2) is 0 Å². The van der Waals surface area contributed by atoms with Crippen LogP contribution in [0.2, 0.25) is 0 Å². The molecular formula is C10H15BrN2O. The van der Waals surface area contributed by atoms with Crippen molar-refractivity contribution in [3.8, 4) is 0 Å². The number of nitrogens with zero attached hydrogens (tertiary/aromatic N) is 1. The molecule has 1 amide bonds. The summed E-state index contributed by atoms with van der Waals surface area (Å²) >= 11 is 3.30. The molecular weight excluding hydrogens is 244 g/mol. The molecule has 14 heavy (non-hydrogen) atoms. The molecule has 0 aliphatic heterocycles. The zero-order valence-electron chi connectivity index (χ0n) is 8.67. The molecule has 0 saturated heterocycles. The summed E-state index contributed by atoms with van der Waals surface area (Å²) < 4.78 is 0.901. The Balaban J connectivity index is 2.75. The Morgan fingerprint density at radius 3 is 2.79 bits per heavy atom. The number of H-pyrrole nitrogens is 1. The van der Waals surface area contributed by atoms with Crippen LogP contribution in [0.25, 0.3) is 0 Å². The highest BCUT2D eigenvalue weighted by atomic mass is 79.9. The third-order valence-corrected chi connectivity index (χ3v) is 2.91. The number of hydrogen-bond acceptors (Lipinski definition) is 1. The molecule has 0 fully saturated rings. The molecule has 0 aliphatic rings. The Labute approximate surface area is 92.6 Å². The van der Waals surface area contributed by atoms with E-state index in [4.69, 9.17) is 0 Å². The monoisotopic (exact) mass is 258 g/mol. The van der Waals surface area contributed by atoms with E-state index >= 15 is 0 Å². The highest BCUT2D eigenvalue weighted by Gasteiger charge is 2.17. The summed E-state index contributed by atoms with van der Waals surface area (Å²) in [6.45, 7) is 4.11. The molecule has 1 aromatic rings. The second-order valence-corrected chi connectivity index (χ2v) is 4.32. The summed E-state index contributed by atoms with van der Waals surface area (Å²) in [5, 5.41) is 0. The largest absolute Gasteiger partial charge is 0.356 e. The maximum Gasteiger partial charge on any atom is 0.270 e. The number of carbonyl (C=O) groups excluding carboxylic acids is 1. The van der Waals surface area contributed by atoms with Gasteiger partial charge >= 0.3 is 0 Å².